The van der Waals surface area contributed by atoms with Crippen molar-refractivity contribution in [2.24, 2.45) is 0 Å². The minimum atomic E-state index is -2.45. The standard InChI is InChI=1S/C24H42O21/c25-1-6-10(29)14(33)17(36)21(40-6)43-19-16(35)11(30)7(2-26)41-23(19)39-4-9-12(31)15(34)18(37)22(42-9)45-24(5-28)20(38)13(32)8(3-27)44-24/h6-23,25-38H,1-5H2/t6-,7-,8-,9-,10+,11+,12-,13-,14+,15+,16+,17-,18-,19-,20+,21-,22-,23+,24-/m1/s1/i36+0. The van der Waals surface area contributed by atoms with Crippen molar-refractivity contribution in [2.45, 2.75) is 116 Å². The highest BCUT2D eigenvalue weighted by atomic mass is 16.8. The Hall–Kier alpha value is -0.840. The van der Waals surface area contributed by atoms with Gasteiger partial charge in [-0.15, -0.1) is 0 Å². The fourth-order valence-electron chi connectivity index (χ4n) is 5.48. The molecule has 0 bridgehead atoms. The summed E-state index contributed by atoms with van der Waals surface area (Å²) < 4.78 is 38.1. The molecule has 264 valence electrons. The molecule has 21 heteroatoms. The lowest BCUT2D eigenvalue weighted by molar-refractivity contribution is -0.392. The van der Waals surface area contributed by atoms with Gasteiger partial charge in [-0.05, 0) is 0 Å². The second-order valence-electron chi connectivity index (χ2n) is 11.2. The fourth-order valence-corrected chi connectivity index (χ4v) is 5.48. The average Bonchev–Trinajstić information content (AvgIpc) is 3.28. The summed E-state index contributed by atoms with van der Waals surface area (Å²) >= 11 is 0. The second kappa shape index (κ2) is 15.1. The first kappa shape index (κ1) is 37.0. The SMILES string of the molecule is OC[C@H]1O[C@H](O[C@H]2[C@@H](OC[C@H]3O[C@H](O[C@@]4(CO)O[C@H](CO)[C@@H](O)[C@@H]4O)[C@H](O)[C@@H](O)[C@@H]3O)O[C@H](CO)[C@H](O)[C@@H]2O)[C@H]([16OH])[C@@H](O)[C@H]1O. The van der Waals surface area contributed by atoms with Crippen LogP contribution in [-0.4, -0.2) is 221 Å². The minimum Gasteiger partial charge on any atom is -0.394 e. The third-order valence-electron chi connectivity index (χ3n) is 8.28. The van der Waals surface area contributed by atoms with Crippen LogP contribution in [0.5, 0.6) is 0 Å². The molecule has 45 heavy (non-hydrogen) atoms. The van der Waals surface area contributed by atoms with E-state index in [-0.39, 0.29) is 0 Å². The molecule has 0 aromatic rings. The number of hydrogen-bond acceptors (Lipinski definition) is 21. The Kier molecular flexibility index (Phi) is 12.5. The van der Waals surface area contributed by atoms with Crippen molar-refractivity contribution in [3.8, 4) is 0 Å². The van der Waals surface area contributed by atoms with E-state index >= 15 is 0 Å². The van der Waals surface area contributed by atoms with Crippen molar-refractivity contribution in [1.29, 1.82) is 0 Å². The van der Waals surface area contributed by atoms with Crippen LogP contribution in [0.1, 0.15) is 0 Å². The third kappa shape index (κ3) is 7.15. The first-order valence-electron chi connectivity index (χ1n) is 14.1. The summed E-state index contributed by atoms with van der Waals surface area (Å²) in [7, 11) is 0. The summed E-state index contributed by atoms with van der Waals surface area (Å²) in [6.07, 6.45) is -32.1. The van der Waals surface area contributed by atoms with E-state index < -0.39 is 149 Å². The lowest BCUT2D eigenvalue weighted by Gasteiger charge is -2.47. The monoisotopic (exact) mass is 666 g/mol. The summed E-state index contributed by atoms with van der Waals surface area (Å²) in [6, 6.07) is 0. The molecule has 4 aliphatic rings. The number of aliphatic hydroxyl groups excluding tert-OH is 14. The maximum absolute atomic E-state index is 10.8. The first-order valence-corrected chi connectivity index (χ1v) is 14.1. The second-order valence-corrected chi connectivity index (χ2v) is 11.2. The van der Waals surface area contributed by atoms with Gasteiger partial charge < -0.3 is 105 Å². The number of ether oxygens (including phenoxy) is 7. The molecule has 0 spiro atoms. The van der Waals surface area contributed by atoms with E-state index in [1.807, 2.05) is 0 Å². The maximum Gasteiger partial charge on any atom is 0.224 e. The highest BCUT2D eigenvalue weighted by molar-refractivity contribution is 4.99. The number of rotatable bonds is 11. The predicted octanol–water partition coefficient (Wildman–Crippen LogP) is -9.75. The van der Waals surface area contributed by atoms with Crippen molar-refractivity contribution in [1.82, 2.24) is 0 Å². The highest BCUT2D eigenvalue weighted by Gasteiger charge is 2.59. The topological polar surface area (TPSA) is 348 Å². The summed E-state index contributed by atoms with van der Waals surface area (Å²) in [6.45, 7) is -4.33. The van der Waals surface area contributed by atoms with E-state index in [1.54, 1.807) is 0 Å². The molecule has 0 aromatic heterocycles. The largest absolute Gasteiger partial charge is 0.394 e. The maximum atomic E-state index is 10.8. The van der Waals surface area contributed by atoms with Crippen LogP contribution in [-0.2, 0) is 33.2 Å². The fraction of sp³-hybridized carbons (Fsp3) is 1.00. The average molecular weight is 667 g/mol. The molecule has 21 nitrogen and oxygen atoms in total. The molecule has 4 fully saturated rings. The molecule has 4 heterocycles. The number of hydrogen-bond donors (Lipinski definition) is 14. The van der Waals surface area contributed by atoms with Crippen LogP contribution in [0.3, 0.4) is 0 Å². The van der Waals surface area contributed by atoms with E-state index in [1.165, 1.54) is 0 Å². The van der Waals surface area contributed by atoms with Crippen molar-refractivity contribution in [3.63, 3.8) is 0 Å². The van der Waals surface area contributed by atoms with Crippen molar-refractivity contribution >= 4 is 0 Å². The van der Waals surface area contributed by atoms with Crippen LogP contribution in [0.4, 0.5) is 0 Å². The van der Waals surface area contributed by atoms with E-state index in [0.29, 0.717) is 0 Å². The molecule has 4 aliphatic heterocycles. The Morgan fingerprint density at radius 1 is 0.489 bits per heavy atom. The molecule has 0 radical (unpaired) electrons. The van der Waals surface area contributed by atoms with Crippen LogP contribution in [0, 0.1) is 0 Å². The van der Waals surface area contributed by atoms with Crippen molar-refractivity contribution < 1.29 is 105 Å². The van der Waals surface area contributed by atoms with E-state index in [2.05, 4.69) is 0 Å². The molecular weight excluding hydrogens is 624 g/mol. The van der Waals surface area contributed by atoms with E-state index in [9.17, 15) is 71.5 Å². The van der Waals surface area contributed by atoms with Gasteiger partial charge in [0.1, 0.15) is 98.2 Å². The van der Waals surface area contributed by atoms with Crippen LogP contribution in [0.15, 0.2) is 0 Å². The molecule has 0 amide bonds. The van der Waals surface area contributed by atoms with Gasteiger partial charge in [0.15, 0.2) is 18.9 Å². The van der Waals surface area contributed by atoms with Gasteiger partial charge in [0, 0.05) is 0 Å². The first-order chi connectivity index (χ1) is 21.2. The summed E-state index contributed by atoms with van der Waals surface area (Å²) in [5, 5.41) is 142. The molecule has 4 rings (SSSR count). The van der Waals surface area contributed by atoms with Crippen LogP contribution < -0.4 is 0 Å². The minimum absolute atomic E-state index is 0.775. The Morgan fingerprint density at radius 2 is 0.978 bits per heavy atom. The smallest absolute Gasteiger partial charge is 0.224 e. The Balaban J connectivity index is 1.49. The Bertz CT molecular complexity index is 931. The molecule has 0 aliphatic carbocycles. The quantitative estimate of drug-likeness (QED) is 0.0973. The zero-order valence-corrected chi connectivity index (χ0v) is 23.5. The molecule has 19 atom stereocenters. The Labute approximate surface area is 254 Å². The summed E-state index contributed by atoms with van der Waals surface area (Å²) in [5.41, 5.74) is 0. The number of aliphatic hydroxyl groups is 14. The zero-order valence-electron chi connectivity index (χ0n) is 23.5. The highest BCUT2D eigenvalue weighted by Crippen LogP contribution is 2.36. The van der Waals surface area contributed by atoms with Crippen LogP contribution >= 0.6 is 0 Å². The molecular formula is C24H42O21. The zero-order chi connectivity index (χ0) is 33.4. The van der Waals surface area contributed by atoms with Crippen LogP contribution in [0.2, 0.25) is 0 Å². The van der Waals surface area contributed by atoms with Gasteiger partial charge in [0.25, 0.3) is 0 Å². The van der Waals surface area contributed by atoms with E-state index in [0.717, 1.165) is 0 Å². The van der Waals surface area contributed by atoms with Gasteiger partial charge in [-0.2, -0.15) is 0 Å². The van der Waals surface area contributed by atoms with Gasteiger partial charge >= 0.3 is 0 Å². The Morgan fingerprint density at radius 3 is 1.51 bits per heavy atom. The molecule has 0 aromatic carbocycles. The van der Waals surface area contributed by atoms with Gasteiger partial charge in [0.2, 0.25) is 5.79 Å². The van der Waals surface area contributed by atoms with Crippen LogP contribution in [0.25, 0.3) is 0 Å². The molecule has 0 saturated carbocycles. The van der Waals surface area contributed by atoms with Gasteiger partial charge in [0.05, 0.1) is 26.4 Å². The molecule has 4 saturated heterocycles. The van der Waals surface area contributed by atoms with Gasteiger partial charge in [-0.1, -0.05) is 0 Å². The van der Waals surface area contributed by atoms with E-state index in [4.69, 9.17) is 33.2 Å². The van der Waals surface area contributed by atoms with Crippen molar-refractivity contribution in [3.05, 3.63) is 0 Å². The lowest BCUT2D eigenvalue weighted by atomic mass is 9.97. The third-order valence-corrected chi connectivity index (χ3v) is 8.28. The lowest BCUT2D eigenvalue weighted by Crippen LogP contribution is -2.65. The molecule has 14 N–H and O–H groups in total. The predicted molar refractivity (Wildman–Crippen MR) is 134 cm³/mol. The van der Waals surface area contributed by atoms with Gasteiger partial charge in [-0.25, -0.2) is 0 Å². The summed E-state index contributed by atoms with van der Waals surface area (Å²) in [5.74, 6) is -2.45. The van der Waals surface area contributed by atoms with Crippen molar-refractivity contribution in [2.75, 3.05) is 33.0 Å². The normalized spacial score (nSPS) is 52.7. The molecule has 0 unspecified atom stereocenters. The van der Waals surface area contributed by atoms with Gasteiger partial charge in [-0.3, -0.25) is 0 Å². The summed E-state index contributed by atoms with van der Waals surface area (Å²) in [4.78, 5) is 0.